The van der Waals surface area contributed by atoms with E-state index < -0.39 is 0 Å². The highest BCUT2D eigenvalue weighted by Crippen LogP contribution is 2.17. The smallest absolute Gasteiger partial charge is 0.251 e. The second-order valence-corrected chi connectivity index (χ2v) is 4.24. The van der Waals surface area contributed by atoms with Gasteiger partial charge in [-0.15, -0.1) is 0 Å². The lowest BCUT2D eigenvalue weighted by Gasteiger charge is -2.23. The maximum Gasteiger partial charge on any atom is 0.251 e. The van der Waals surface area contributed by atoms with Gasteiger partial charge in [-0.25, -0.2) is 0 Å². The van der Waals surface area contributed by atoms with E-state index in [0.717, 1.165) is 32.5 Å². The van der Waals surface area contributed by atoms with E-state index in [9.17, 15) is 4.79 Å². The molecule has 0 saturated carbocycles. The summed E-state index contributed by atoms with van der Waals surface area (Å²) in [7, 11) is 0. The molecule has 0 radical (unpaired) electrons. The van der Waals surface area contributed by atoms with E-state index in [4.69, 9.17) is 4.74 Å². The maximum absolute atomic E-state index is 12.0. The van der Waals surface area contributed by atoms with Crippen molar-refractivity contribution < 1.29 is 9.53 Å². The number of nitrogens with zero attached hydrogens (tertiary/aromatic N) is 1. The number of hydrogen-bond donors (Lipinski definition) is 0. The summed E-state index contributed by atoms with van der Waals surface area (Å²) in [5.41, 5.74) is 0. The van der Waals surface area contributed by atoms with Crippen LogP contribution in [0.15, 0.2) is 0 Å². The average Bonchev–Trinajstić information content (AvgIpc) is 2.59. The number of carbonyl (C=O) groups excluding carboxylic acids is 1. The highest BCUT2D eigenvalue weighted by atomic mass is 16.5. The fourth-order valence-electron chi connectivity index (χ4n) is 2.27. The summed E-state index contributed by atoms with van der Waals surface area (Å²) in [5.74, 6) is 0.240. The molecule has 3 nitrogen and oxygen atoms in total. The molecule has 3 heteroatoms. The van der Waals surface area contributed by atoms with Crippen LogP contribution >= 0.6 is 0 Å². The van der Waals surface area contributed by atoms with Crippen LogP contribution in [0.25, 0.3) is 0 Å². The highest BCUT2D eigenvalue weighted by Gasteiger charge is 2.28. The molecule has 1 atom stereocenters. The lowest BCUT2D eigenvalue weighted by Crippen LogP contribution is -2.39. The Morgan fingerprint density at radius 3 is 2.36 bits per heavy atom. The van der Waals surface area contributed by atoms with Crippen LogP contribution < -0.4 is 0 Å². The Hall–Kier alpha value is -0.570. The molecule has 2 fully saturated rings. The average molecular weight is 197 g/mol. The molecule has 0 aliphatic carbocycles. The van der Waals surface area contributed by atoms with Crippen LogP contribution in [0.2, 0.25) is 0 Å². The number of rotatable bonds is 1. The predicted molar refractivity (Wildman–Crippen MR) is 54.0 cm³/mol. The van der Waals surface area contributed by atoms with Crippen molar-refractivity contribution in [2.45, 2.75) is 44.6 Å². The van der Waals surface area contributed by atoms with E-state index in [-0.39, 0.29) is 12.0 Å². The van der Waals surface area contributed by atoms with Crippen molar-refractivity contribution in [2.75, 3.05) is 19.7 Å². The van der Waals surface area contributed by atoms with Crippen LogP contribution in [0.3, 0.4) is 0 Å². The van der Waals surface area contributed by atoms with Crippen molar-refractivity contribution in [1.82, 2.24) is 4.90 Å². The van der Waals surface area contributed by atoms with Crippen LogP contribution in [0.1, 0.15) is 38.5 Å². The van der Waals surface area contributed by atoms with Gasteiger partial charge in [-0.05, 0) is 25.7 Å². The van der Waals surface area contributed by atoms with Crippen molar-refractivity contribution in [3.8, 4) is 0 Å². The van der Waals surface area contributed by atoms with Gasteiger partial charge in [-0.2, -0.15) is 0 Å². The molecule has 80 valence electrons. The van der Waals surface area contributed by atoms with E-state index in [1.165, 1.54) is 25.7 Å². The predicted octanol–water partition coefficient (Wildman–Crippen LogP) is 1.57. The SMILES string of the molecule is O=C([C@@H]1CCCO1)N1CCCCCC1. The first-order chi connectivity index (χ1) is 6.88. The van der Waals surface area contributed by atoms with Crippen molar-refractivity contribution in [3.63, 3.8) is 0 Å². The molecule has 0 aromatic carbocycles. The molecule has 0 unspecified atom stereocenters. The van der Waals surface area contributed by atoms with Gasteiger partial charge in [0.1, 0.15) is 6.10 Å². The molecule has 2 saturated heterocycles. The number of carbonyl (C=O) groups is 1. The van der Waals surface area contributed by atoms with E-state index >= 15 is 0 Å². The van der Waals surface area contributed by atoms with Gasteiger partial charge in [0, 0.05) is 19.7 Å². The molecule has 2 aliphatic heterocycles. The highest BCUT2D eigenvalue weighted by molar-refractivity contribution is 5.81. The van der Waals surface area contributed by atoms with Gasteiger partial charge in [0.15, 0.2) is 0 Å². The third kappa shape index (κ3) is 2.27. The largest absolute Gasteiger partial charge is 0.368 e. The van der Waals surface area contributed by atoms with Gasteiger partial charge < -0.3 is 9.64 Å². The van der Waals surface area contributed by atoms with Crippen molar-refractivity contribution in [1.29, 1.82) is 0 Å². The van der Waals surface area contributed by atoms with Crippen LogP contribution in [0.4, 0.5) is 0 Å². The molecular formula is C11H19NO2. The third-order valence-electron chi connectivity index (χ3n) is 3.12. The minimum atomic E-state index is -0.118. The van der Waals surface area contributed by atoms with Gasteiger partial charge >= 0.3 is 0 Å². The van der Waals surface area contributed by atoms with Crippen LogP contribution in [-0.4, -0.2) is 36.6 Å². The van der Waals surface area contributed by atoms with E-state index in [0.29, 0.717) is 0 Å². The van der Waals surface area contributed by atoms with Gasteiger partial charge in [0.25, 0.3) is 5.91 Å². The molecule has 0 N–H and O–H groups in total. The first-order valence-electron chi connectivity index (χ1n) is 5.78. The number of hydrogen-bond acceptors (Lipinski definition) is 2. The lowest BCUT2D eigenvalue weighted by molar-refractivity contribution is -0.140. The van der Waals surface area contributed by atoms with Crippen molar-refractivity contribution >= 4 is 5.91 Å². The number of ether oxygens (including phenoxy) is 1. The molecule has 0 spiro atoms. The Morgan fingerprint density at radius 1 is 1.07 bits per heavy atom. The fourth-order valence-corrected chi connectivity index (χ4v) is 2.27. The molecular weight excluding hydrogens is 178 g/mol. The lowest BCUT2D eigenvalue weighted by atomic mass is 10.2. The zero-order chi connectivity index (χ0) is 9.80. The quantitative estimate of drug-likeness (QED) is 0.638. The van der Waals surface area contributed by atoms with E-state index in [1.807, 2.05) is 4.90 Å². The zero-order valence-corrected chi connectivity index (χ0v) is 8.71. The second-order valence-electron chi connectivity index (χ2n) is 4.24. The maximum atomic E-state index is 12.0. The van der Waals surface area contributed by atoms with Crippen LogP contribution in [-0.2, 0) is 9.53 Å². The zero-order valence-electron chi connectivity index (χ0n) is 8.71. The summed E-state index contributed by atoms with van der Waals surface area (Å²) in [6.45, 7) is 2.65. The minimum absolute atomic E-state index is 0.118. The summed E-state index contributed by atoms with van der Waals surface area (Å²) >= 11 is 0. The summed E-state index contributed by atoms with van der Waals surface area (Å²) in [6.07, 6.45) is 6.73. The van der Waals surface area contributed by atoms with E-state index in [2.05, 4.69) is 0 Å². The summed E-state index contributed by atoms with van der Waals surface area (Å²) in [5, 5.41) is 0. The van der Waals surface area contributed by atoms with Crippen LogP contribution in [0.5, 0.6) is 0 Å². The molecule has 2 rings (SSSR count). The summed E-state index contributed by atoms with van der Waals surface area (Å²) in [6, 6.07) is 0. The first-order valence-corrected chi connectivity index (χ1v) is 5.78. The standard InChI is InChI=1S/C11H19NO2/c13-11(10-6-5-9-14-10)12-7-3-1-2-4-8-12/h10H,1-9H2/t10-/m0/s1. The molecule has 0 aromatic rings. The second kappa shape index (κ2) is 4.78. The Balaban J connectivity index is 1.88. The van der Waals surface area contributed by atoms with Gasteiger partial charge in [-0.1, -0.05) is 12.8 Å². The minimum Gasteiger partial charge on any atom is -0.368 e. The number of likely N-dealkylation sites (tertiary alicyclic amines) is 1. The Labute approximate surface area is 85.4 Å². The van der Waals surface area contributed by atoms with Gasteiger partial charge in [-0.3, -0.25) is 4.79 Å². The van der Waals surface area contributed by atoms with Crippen molar-refractivity contribution in [2.24, 2.45) is 0 Å². The third-order valence-corrected chi connectivity index (χ3v) is 3.12. The molecule has 1 amide bonds. The Morgan fingerprint density at radius 2 is 1.79 bits per heavy atom. The fraction of sp³-hybridized carbons (Fsp3) is 0.909. The molecule has 0 aromatic heterocycles. The van der Waals surface area contributed by atoms with Crippen molar-refractivity contribution in [3.05, 3.63) is 0 Å². The Bertz CT molecular complexity index is 191. The first kappa shape index (κ1) is 9.97. The molecule has 14 heavy (non-hydrogen) atoms. The van der Waals surface area contributed by atoms with E-state index in [1.54, 1.807) is 0 Å². The summed E-state index contributed by atoms with van der Waals surface area (Å²) < 4.78 is 5.42. The molecule has 2 heterocycles. The monoisotopic (exact) mass is 197 g/mol. The molecule has 0 bridgehead atoms. The Kier molecular flexibility index (Phi) is 3.40. The topological polar surface area (TPSA) is 29.5 Å². The normalized spacial score (nSPS) is 28.9. The van der Waals surface area contributed by atoms with Gasteiger partial charge in [0.2, 0.25) is 0 Å². The number of amides is 1. The van der Waals surface area contributed by atoms with Crippen LogP contribution in [0, 0.1) is 0 Å². The van der Waals surface area contributed by atoms with Gasteiger partial charge in [0.05, 0.1) is 0 Å². The summed E-state index contributed by atoms with van der Waals surface area (Å²) in [4.78, 5) is 14.0. The molecule has 2 aliphatic rings.